The quantitative estimate of drug-likeness (QED) is 0.0202. The average Bonchev–Trinajstić information content (AvgIpc) is 3.23. The predicted molar refractivity (Wildman–Crippen MR) is 251 cm³/mol. The first-order valence-electron chi connectivity index (χ1n) is 23.1. The Balaban J connectivity index is 4.54. The first-order chi connectivity index (χ1) is 29.0. The summed E-state index contributed by atoms with van der Waals surface area (Å²) in [7, 11) is 0. The molecular formula is C53H82O6. The number of unbranched alkanes of at least 4 members (excludes halogenated alkanes) is 14. The zero-order valence-electron chi connectivity index (χ0n) is 37.5. The lowest BCUT2D eigenvalue weighted by Gasteiger charge is -2.18. The Morgan fingerprint density at radius 2 is 0.746 bits per heavy atom. The van der Waals surface area contributed by atoms with Crippen LogP contribution >= 0.6 is 0 Å². The maximum atomic E-state index is 12.7. The predicted octanol–water partition coefficient (Wildman–Crippen LogP) is 15.0. The molecule has 1 unspecified atom stereocenters. The number of hydrogen-bond acceptors (Lipinski definition) is 6. The number of carbonyl (C=O) groups is 3. The summed E-state index contributed by atoms with van der Waals surface area (Å²) in [6, 6.07) is 0. The van der Waals surface area contributed by atoms with Gasteiger partial charge in [-0.2, -0.15) is 0 Å². The van der Waals surface area contributed by atoms with Crippen LogP contribution in [0.4, 0.5) is 0 Å². The number of hydrogen-bond donors (Lipinski definition) is 0. The molecule has 0 aliphatic carbocycles. The standard InChI is InChI=1S/C53H82O6/c1-4-7-10-13-16-19-22-24-25-26-27-28-29-30-32-34-37-40-43-46-52(55)58-49-50(48-57-51(54)45-42-39-36-33-21-18-15-12-9-6-3)59-53(56)47-44-41-38-35-31-23-20-17-14-11-8-5-2/h7-8,10-11,13,16-17,19-20,22,24-32,35,50H,4-6,9,12,14-15,18,21,23,33-34,36-49H2,1-3H3/b10-7-,11-8-,16-13-,20-17-,22-19-,25-24-,27-26+,29-28-,32-30-,35-31-. The van der Waals surface area contributed by atoms with Crippen LogP contribution in [-0.2, 0) is 28.6 Å². The molecule has 0 spiro atoms. The zero-order chi connectivity index (χ0) is 43.0. The summed E-state index contributed by atoms with van der Waals surface area (Å²) < 4.78 is 16.6. The Hall–Kier alpha value is -4.19. The van der Waals surface area contributed by atoms with Gasteiger partial charge in [0.15, 0.2) is 6.10 Å². The summed E-state index contributed by atoms with van der Waals surface area (Å²) in [4.78, 5) is 37.7. The Morgan fingerprint density at radius 1 is 0.373 bits per heavy atom. The molecule has 0 bridgehead atoms. The van der Waals surface area contributed by atoms with Gasteiger partial charge < -0.3 is 14.2 Å². The highest BCUT2D eigenvalue weighted by atomic mass is 16.6. The summed E-state index contributed by atoms with van der Waals surface area (Å²) in [5, 5.41) is 0. The summed E-state index contributed by atoms with van der Waals surface area (Å²) in [5.74, 6) is -1.01. The molecule has 0 N–H and O–H groups in total. The highest BCUT2D eigenvalue weighted by molar-refractivity contribution is 5.71. The lowest BCUT2D eigenvalue weighted by Crippen LogP contribution is -2.30. The largest absolute Gasteiger partial charge is 0.462 e. The lowest BCUT2D eigenvalue weighted by molar-refractivity contribution is -0.167. The highest BCUT2D eigenvalue weighted by Gasteiger charge is 2.19. The van der Waals surface area contributed by atoms with Crippen molar-refractivity contribution < 1.29 is 28.6 Å². The van der Waals surface area contributed by atoms with Gasteiger partial charge in [-0.25, -0.2) is 0 Å². The number of allylic oxidation sites excluding steroid dienone is 20. The third-order valence-corrected chi connectivity index (χ3v) is 9.16. The molecule has 0 aromatic heterocycles. The lowest BCUT2D eigenvalue weighted by atomic mass is 10.1. The second-order valence-corrected chi connectivity index (χ2v) is 14.7. The molecule has 330 valence electrons. The van der Waals surface area contributed by atoms with Gasteiger partial charge in [0.1, 0.15) is 13.2 Å². The number of rotatable bonds is 39. The molecule has 59 heavy (non-hydrogen) atoms. The van der Waals surface area contributed by atoms with E-state index in [4.69, 9.17) is 14.2 Å². The molecule has 0 amide bonds. The van der Waals surface area contributed by atoms with E-state index in [1.165, 1.54) is 44.9 Å². The second-order valence-electron chi connectivity index (χ2n) is 14.7. The molecular weight excluding hydrogens is 733 g/mol. The van der Waals surface area contributed by atoms with Gasteiger partial charge in [0.25, 0.3) is 0 Å². The third kappa shape index (κ3) is 44.8. The van der Waals surface area contributed by atoms with E-state index >= 15 is 0 Å². The molecule has 0 heterocycles. The van der Waals surface area contributed by atoms with Crippen LogP contribution in [0.25, 0.3) is 0 Å². The van der Waals surface area contributed by atoms with Crippen LogP contribution in [0.5, 0.6) is 0 Å². The third-order valence-electron chi connectivity index (χ3n) is 9.16. The SMILES string of the molecule is CC\C=C/C=C\C=C/C=C\C=C\C=C/C=C\CCCCCC(=O)OCC(COC(=O)CCCCCCCCCCCC)OC(=O)CCCC/C=C\C/C=C\C/C=C\CC. The van der Waals surface area contributed by atoms with Gasteiger partial charge in [0.2, 0.25) is 0 Å². The maximum Gasteiger partial charge on any atom is 0.306 e. The van der Waals surface area contributed by atoms with Gasteiger partial charge in [0.05, 0.1) is 0 Å². The van der Waals surface area contributed by atoms with Crippen molar-refractivity contribution in [1.29, 1.82) is 0 Å². The minimum absolute atomic E-state index is 0.111. The minimum atomic E-state index is -0.816. The number of carbonyl (C=O) groups excluding carboxylic acids is 3. The molecule has 0 saturated heterocycles. The molecule has 0 aromatic rings. The van der Waals surface area contributed by atoms with E-state index in [0.29, 0.717) is 19.3 Å². The summed E-state index contributed by atoms with van der Waals surface area (Å²) in [6.45, 7) is 6.25. The molecule has 0 fully saturated rings. The fraction of sp³-hybridized carbons (Fsp3) is 0.566. The second kappa shape index (κ2) is 46.5. The van der Waals surface area contributed by atoms with Crippen molar-refractivity contribution in [1.82, 2.24) is 0 Å². The van der Waals surface area contributed by atoms with Crippen LogP contribution in [0, 0.1) is 0 Å². The van der Waals surface area contributed by atoms with Gasteiger partial charge in [-0.15, -0.1) is 0 Å². The number of ether oxygens (including phenoxy) is 3. The molecule has 0 rings (SSSR count). The van der Waals surface area contributed by atoms with E-state index in [1.54, 1.807) is 0 Å². The van der Waals surface area contributed by atoms with Crippen LogP contribution in [0.2, 0.25) is 0 Å². The Morgan fingerprint density at radius 3 is 1.27 bits per heavy atom. The van der Waals surface area contributed by atoms with Gasteiger partial charge in [-0.3, -0.25) is 14.4 Å². The van der Waals surface area contributed by atoms with E-state index in [1.807, 2.05) is 72.9 Å². The zero-order valence-corrected chi connectivity index (χ0v) is 37.5. The molecule has 0 radical (unpaired) electrons. The van der Waals surface area contributed by atoms with Crippen molar-refractivity contribution in [2.75, 3.05) is 13.2 Å². The molecule has 0 aromatic carbocycles. The van der Waals surface area contributed by atoms with Crippen molar-refractivity contribution in [3.8, 4) is 0 Å². The van der Waals surface area contributed by atoms with Gasteiger partial charge >= 0.3 is 17.9 Å². The van der Waals surface area contributed by atoms with E-state index in [2.05, 4.69) is 69.4 Å². The average molecular weight is 815 g/mol. The molecule has 0 aliphatic heterocycles. The topological polar surface area (TPSA) is 78.9 Å². The smallest absolute Gasteiger partial charge is 0.306 e. The first-order valence-corrected chi connectivity index (χ1v) is 23.1. The van der Waals surface area contributed by atoms with E-state index in [9.17, 15) is 14.4 Å². The van der Waals surface area contributed by atoms with Crippen molar-refractivity contribution in [3.05, 3.63) is 122 Å². The Bertz CT molecular complexity index is 1300. The fourth-order valence-corrected chi connectivity index (χ4v) is 5.73. The molecule has 1 atom stereocenters. The molecule has 6 heteroatoms. The summed E-state index contributed by atoms with van der Waals surface area (Å²) in [5.41, 5.74) is 0. The monoisotopic (exact) mass is 815 g/mol. The fourth-order valence-electron chi connectivity index (χ4n) is 5.73. The van der Waals surface area contributed by atoms with E-state index < -0.39 is 6.10 Å². The highest BCUT2D eigenvalue weighted by Crippen LogP contribution is 2.13. The van der Waals surface area contributed by atoms with Crippen LogP contribution in [0.3, 0.4) is 0 Å². The first kappa shape index (κ1) is 54.8. The van der Waals surface area contributed by atoms with Gasteiger partial charge in [0, 0.05) is 19.3 Å². The molecule has 0 aliphatic rings. The Labute approximate surface area is 361 Å². The normalized spacial score (nSPS) is 13.2. The van der Waals surface area contributed by atoms with Gasteiger partial charge in [-0.05, 0) is 70.6 Å². The van der Waals surface area contributed by atoms with E-state index in [0.717, 1.165) is 83.5 Å². The van der Waals surface area contributed by atoms with Crippen molar-refractivity contribution >= 4 is 17.9 Å². The van der Waals surface area contributed by atoms with Crippen LogP contribution < -0.4 is 0 Å². The minimum Gasteiger partial charge on any atom is -0.462 e. The maximum absolute atomic E-state index is 12.7. The van der Waals surface area contributed by atoms with E-state index in [-0.39, 0.29) is 37.5 Å². The van der Waals surface area contributed by atoms with Crippen molar-refractivity contribution in [2.45, 2.75) is 181 Å². The van der Waals surface area contributed by atoms with Crippen molar-refractivity contribution in [3.63, 3.8) is 0 Å². The summed E-state index contributed by atoms with van der Waals surface area (Å²) >= 11 is 0. The van der Waals surface area contributed by atoms with Crippen molar-refractivity contribution in [2.24, 2.45) is 0 Å². The van der Waals surface area contributed by atoms with Crippen LogP contribution in [0.1, 0.15) is 175 Å². The van der Waals surface area contributed by atoms with Gasteiger partial charge in [-0.1, -0.05) is 206 Å². The number of esters is 3. The molecule has 0 saturated carbocycles. The van der Waals surface area contributed by atoms with Crippen LogP contribution in [0.15, 0.2) is 122 Å². The van der Waals surface area contributed by atoms with Crippen LogP contribution in [-0.4, -0.2) is 37.2 Å². The molecule has 6 nitrogen and oxygen atoms in total. The summed E-state index contributed by atoms with van der Waals surface area (Å²) in [6.07, 6.45) is 63.2. The Kier molecular flexibility index (Phi) is 43.2.